The second kappa shape index (κ2) is 9.42. The molecule has 2 aromatic carbocycles. The van der Waals surface area contributed by atoms with Crippen LogP contribution in [0.2, 0.25) is 10.0 Å². The van der Waals surface area contributed by atoms with Crippen LogP contribution in [0.1, 0.15) is 18.5 Å². The Kier molecular flexibility index (Phi) is 6.19. The summed E-state index contributed by atoms with van der Waals surface area (Å²) >= 11 is 13.6. The molecule has 34 heavy (non-hydrogen) atoms. The highest BCUT2D eigenvalue weighted by atomic mass is 35.5. The molecule has 3 aromatic heterocycles. The quantitative estimate of drug-likeness (QED) is 0.259. The first-order chi connectivity index (χ1) is 16.5. The van der Waals surface area contributed by atoms with Gasteiger partial charge in [-0.05, 0) is 48.5 Å². The second-order valence-corrected chi connectivity index (χ2v) is 9.16. The predicted molar refractivity (Wildman–Crippen MR) is 135 cm³/mol. The number of furan rings is 1. The van der Waals surface area contributed by atoms with Gasteiger partial charge in [0.2, 0.25) is 10.9 Å². The first-order valence-electron chi connectivity index (χ1n) is 10.4. The summed E-state index contributed by atoms with van der Waals surface area (Å²) in [4.78, 5) is 13.2. The van der Waals surface area contributed by atoms with Gasteiger partial charge in [-0.2, -0.15) is 9.61 Å². The monoisotopic (exact) mass is 509 g/mol. The zero-order valence-electron chi connectivity index (χ0n) is 17.8. The standard InChI is InChI=1S/C24H17Cl2N5O2S/c1-2-21-28-29-24-31(21)30-23(34-24)14-4-3-5-18(12-14)27-22(32)9-7-19-6-8-20(33-19)15-10-16(25)13-17(26)11-15/h3-13H,2H2,1H3,(H,27,32)/b9-7+. The van der Waals surface area contributed by atoms with E-state index in [0.717, 1.165) is 33.3 Å². The first-order valence-corrected chi connectivity index (χ1v) is 11.9. The molecule has 1 amide bonds. The fourth-order valence-electron chi connectivity index (χ4n) is 3.36. The number of amides is 1. The number of benzene rings is 2. The zero-order valence-corrected chi connectivity index (χ0v) is 20.2. The highest BCUT2D eigenvalue weighted by Crippen LogP contribution is 2.29. The maximum atomic E-state index is 12.5. The third kappa shape index (κ3) is 4.75. The van der Waals surface area contributed by atoms with Crippen molar-refractivity contribution in [1.29, 1.82) is 0 Å². The van der Waals surface area contributed by atoms with Gasteiger partial charge >= 0.3 is 0 Å². The molecular formula is C24H17Cl2N5O2S. The molecule has 0 aliphatic heterocycles. The topological polar surface area (TPSA) is 85.3 Å². The van der Waals surface area contributed by atoms with Crippen LogP contribution < -0.4 is 5.32 Å². The summed E-state index contributed by atoms with van der Waals surface area (Å²) in [5, 5.41) is 17.6. The van der Waals surface area contributed by atoms with Crippen LogP contribution in [0.4, 0.5) is 5.69 Å². The van der Waals surface area contributed by atoms with Gasteiger partial charge in [0.05, 0.1) is 0 Å². The van der Waals surface area contributed by atoms with Crippen molar-refractivity contribution in [1.82, 2.24) is 19.8 Å². The van der Waals surface area contributed by atoms with Gasteiger partial charge in [0.1, 0.15) is 16.5 Å². The summed E-state index contributed by atoms with van der Waals surface area (Å²) in [7, 11) is 0. The molecule has 5 aromatic rings. The van der Waals surface area contributed by atoms with Crippen molar-refractivity contribution in [2.75, 3.05) is 5.32 Å². The van der Waals surface area contributed by atoms with Gasteiger partial charge in [-0.15, -0.1) is 10.2 Å². The number of nitrogens with one attached hydrogen (secondary N) is 1. The van der Waals surface area contributed by atoms with Crippen LogP contribution in [0, 0.1) is 0 Å². The zero-order chi connectivity index (χ0) is 23.7. The minimum atomic E-state index is -0.285. The Hall–Kier alpha value is -3.46. The van der Waals surface area contributed by atoms with Gasteiger partial charge in [0.25, 0.3) is 0 Å². The third-order valence-corrected chi connectivity index (χ3v) is 6.31. The average molecular weight is 510 g/mol. The number of nitrogens with zero attached hydrogens (tertiary/aromatic N) is 4. The summed E-state index contributed by atoms with van der Waals surface area (Å²) in [5.41, 5.74) is 2.30. The van der Waals surface area contributed by atoms with Gasteiger partial charge in [0, 0.05) is 39.4 Å². The summed E-state index contributed by atoms with van der Waals surface area (Å²) in [6, 6.07) is 16.2. The van der Waals surface area contributed by atoms with Gasteiger partial charge < -0.3 is 9.73 Å². The third-order valence-electron chi connectivity index (χ3n) is 4.92. The Morgan fingerprint density at radius 2 is 1.91 bits per heavy atom. The van der Waals surface area contributed by atoms with E-state index < -0.39 is 0 Å². The number of anilines is 1. The highest BCUT2D eigenvalue weighted by Gasteiger charge is 2.12. The van der Waals surface area contributed by atoms with Crippen LogP contribution in [0.25, 0.3) is 32.9 Å². The molecule has 0 saturated carbocycles. The van der Waals surface area contributed by atoms with Crippen LogP contribution in [0.5, 0.6) is 0 Å². The lowest BCUT2D eigenvalue weighted by Crippen LogP contribution is -2.07. The average Bonchev–Trinajstić information content (AvgIpc) is 3.53. The van der Waals surface area contributed by atoms with Crippen LogP contribution in [-0.4, -0.2) is 25.7 Å². The van der Waals surface area contributed by atoms with E-state index in [1.807, 2.05) is 31.2 Å². The fourth-order valence-corrected chi connectivity index (χ4v) is 4.74. The van der Waals surface area contributed by atoms with E-state index >= 15 is 0 Å². The summed E-state index contributed by atoms with van der Waals surface area (Å²) in [5.74, 6) is 1.66. The Bertz CT molecular complexity index is 1520. The summed E-state index contributed by atoms with van der Waals surface area (Å²) in [6.07, 6.45) is 3.76. The lowest BCUT2D eigenvalue weighted by molar-refractivity contribution is -0.111. The van der Waals surface area contributed by atoms with Crippen LogP contribution in [-0.2, 0) is 11.2 Å². The van der Waals surface area contributed by atoms with Crippen molar-refractivity contribution in [2.45, 2.75) is 13.3 Å². The summed E-state index contributed by atoms with van der Waals surface area (Å²) < 4.78 is 7.55. The molecule has 10 heteroatoms. The molecule has 1 N–H and O–H groups in total. The number of aryl methyl sites for hydroxylation is 1. The molecule has 0 radical (unpaired) electrons. The molecule has 0 unspecified atom stereocenters. The largest absolute Gasteiger partial charge is 0.457 e. The van der Waals surface area contributed by atoms with E-state index in [-0.39, 0.29) is 5.91 Å². The number of halogens is 2. The van der Waals surface area contributed by atoms with Gasteiger partial charge in [0.15, 0.2) is 5.82 Å². The SMILES string of the molecule is CCc1nnc2sc(-c3cccc(NC(=O)/C=C/c4ccc(-c5cc(Cl)cc(Cl)c5)o4)c3)nn12. The minimum absolute atomic E-state index is 0.285. The maximum absolute atomic E-state index is 12.5. The normalized spacial score (nSPS) is 11.5. The molecule has 0 spiro atoms. The molecule has 7 nitrogen and oxygen atoms in total. The van der Waals surface area contributed by atoms with E-state index in [9.17, 15) is 4.79 Å². The molecule has 0 atom stereocenters. The first kappa shape index (κ1) is 22.3. The molecule has 170 valence electrons. The highest BCUT2D eigenvalue weighted by molar-refractivity contribution is 7.19. The molecule has 5 rings (SSSR count). The van der Waals surface area contributed by atoms with Crippen LogP contribution in [0.15, 0.2) is 65.1 Å². The second-order valence-electron chi connectivity index (χ2n) is 7.33. The number of hydrogen-bond acceptors (Lipinski definition) is 6. The van der Waals surface area contributed by atoms with E-state index in [4.69, 9.17) is 27.6 Å². The Morgan fingerprint density at radius 1 is 1.09 bits per heavy atom. The van der Waals surface area contributed by atoms with Gasteiger partial charge in [-0.25, -0.2) is 0 Å². The summed E-state index contributed by atoms with van der Waals surface area (Å²) in [6.45, 7) is 2.01. The Morgan fingerprint density at radius 3 is 2.71 bits per heavy atom. The smallest absolute Gasteiger partial charge is 0.248 e. The van der Waals surface area contributed by atoms with E-state index in [1.54, 1.807) is 40.9 Å². The van der Waals surface area contributed by atoms with Crippen molar-refractivity contribution in [3.8, 4) is 21.9 Å². The van der Waals surface area contributed by atoms with Crippen molar-refractivity contribution in [3.05, 3.63) is 82.3 Å². The molecule has 3 heterocycles. The number of carbonyl (C=O) groups is 1. The van der Waals surface area contributed by atoms with Crippen LogP contribution in [0.3, 0.4) is 0 Å². The number of hydrogen-bond donors (Lipinski definition) is 1. The van der Waals surface area contributed by atoms with Gasteiger partial charge in [-0.3, -0.25) is 4.79 Å². The number of aromatic nitrogens is 4. The van der Waals surface area contributed by atoms with Crippen molar-refractivity contribution in [2.24, 2.45) is 0 Å². The van der Waals surface area contributed by atoms with E-state index in [0.29, 0.717) is 27.3 Å². The molecule has 0 bridgehead atoms. The van der Waals surface area contributed by atoms with Crippen LogP contribution >= 0.6 is 34.5 Å². The maximum Gasteiger partial charge on any atom is 0.248 e. The van der Waals surface area contributed by atoms with Crippen molar-refractivity contribution in [3.63, 3.8) is 0 Å². The predicted octanol–water partition coefficient (Wildman–Crippen LogP) is 6.63. The number of carbonyl (C=O) groups excluding carboxylic acids is 1. The Balaban J connectivity index is 1.28. The van der Waals surface area contributed by atoms with E-state index in [2.05, 4.69) is 20.6 Å². The van der Waals surface area contributed by atoms with Crippen molar-refractivity contribution < 1.29 is 9.21 Å². The fraction of sp³-hybridized carbons (Fsp3) is 0.0833. The molecule has 0 saturated heterocycles. The van der Waals surface area contributed by atoms with Crippen molar-refractivity contribution >= 4 is 57.2 Å². The molecule has 0 fully saturated rings. The lowest BCUT2D eigenvalue weighted by atomic mass is 10.2. The molecule has 0 aliphatic carbocycles. The number of fused-ring (bicyclic) bond motifs is 1. The van der Waals surface area contributed by atoms with E-state index in [1.165, 1.54) is 17.4 Å². The lowest BCUT2D eigenvalue weighted by Gasteiger charge is -2.03. The minimum Gasteiger partial charge on any atom is -0.457 e. The van der Waals surface area contributed by atoms with Gasteiger partial charge in [-0.1, -0.05) is 53.6 Å². The molecular weight excluding hydrogens is 493 g/mol. The Labute approximate surface area is 208 Å². The number of rotatable bonds is 6. The molecule has 0 aliphatic rings.